The number of methoxy groups -OCH3 is 1. The summed E-state index contributed by atoms with van der Waals surface area (Å²) >= 11 is 11.8. The maximum atomic E-state index is 13.0. The third-order valence-corrected chi connectivity index (χ3v) is 6.77. The van der Waals surface area contributed by atoms with E-state index in [0.717, 1.165) is 0 Å². The minimum absolute atomic E-state index is 0.0231. The second-order valence-electron chi connectivity index (χ2n) is 6.00. The SMILES string of the molecule is COc1ccc(Cl)cc1S(=O)(=O)N1CCN(C(=O)c2ccc(Cl)cc2)CC1. The zero-order chi connectivity index (χ0) is 19.6. The summed E-state index contributed by atoms with van der Waals surface area (Å²) < 4.78 is 32.4. The molecule has 0 aromatic heterocycles. The van der Waals surface area contributed by atoms with Crippen LogP contribution in [0.4, 0.5) is 0 Å². The number of halogens is 2. The summed E-state index contributed by atoms with van der Waals surface area (Å²) in [5.41, 5.74) is 0.521. The maximum absolute atomic E-state index is 13.0. The van der Waals surface area contributed by atoms with Crippen LogP contribution in [0.5, 0.6) is 5.75 Å². The quantitative estimate of drug-likeness (QED) is 0.749. The first kappa shape index (κ1) is 19.9. The Bertz CT molecular complexity index is 940. The normalized spacial score (nSPS) is 15.6. The van der Waals surface area contributed by atoms with Crippen LogP contribution in [0.1, 0.15) is 10.4 Å². The number of hydrogen-bond donors (Lipinski definition) is 0. The highest BCUT2D eigenvalue weighted by Gasteiger charge is 2.32. The Labute approximate surface area is 168 Å². The molecule has 3 rings (SSSR count). The largest absolute Gasteiger partial charge is 0.495 e. The lowest BCUT2D eigenvalue weighted by Crippen LogP contribution is -2.50. The van der Waals surface area contributed by atoms with Gasteiger partial charge < -0.3 is 9.64 Å². The van der Waals surface area contributed by atoms with E-state index in [1.165, 1.54) is 23.5 Å². The van der Waals surface area contributed by atoms with Crippen molar-refractivity contribution in [3.63, 3.8) is 0 Å². The van der Waals surface area contributed by atoms with E-state index in [1.54, 1.807) is 35.2 Å². The Morgan fingerprint density at radius 1 is 0.963 bits per heavy atom. The summed E-state index contributed by atoms with van der Waals surface area (Å²) in [4.78, 5) is 14.2. The molecule has 0 bridgehead atoms. The van der Waals surface area contributed by atoms with E-state index >= 15 is 0 Å². The molecule has 144 valence electrons. The van der Waals surface area contributed by atoms with Gasteiger partial charge >= 0.3 is 0 Å². The van der Waals surface area contributed by atoms with Crippen molar-refractivity contribution in [2.75, 3.05) is 33.3 Å². The first-order valence-corrected chi connectivity index (χ1v) is 10.4. The number of hydrogen-bond acceptors (Lipinski definition) is 4. The monoisotopic (exact) mass is 428 g/mol. The van der Waals surface area contributed by atoms with Crippen LogP contribution in [0.3, 0.4) is 0 Å². The molecule has 6 nitrogen and oxygen atoms in total. The van der Waals surface area contributed by atoms with Crippen molar-refractivity contribution in [2.45, 2.75) is 4.90 Å². The van der Waals surface area contributed by atoms with Crippen molar-refractivity contribution in [2.24, 2.45) is 0 Å². The van der Waals surface area contributed by atoms with E-state index in [0.29, 0.717) is 28.7 Å². The summed E-state index contributed by atoms with van der Waals surface area (Å²) in [6.45, 7) is 0.974. The molecule has 2 aromatic carbocycles. The first-order chi connectivity index (χ1) is 12.8. The number of amides is 1. The lowest BCUT2D eigenvalue weighted by molar-refractivity contribution is 0.0698. The molecule has 0 radical (unpaired) electrons. The molecule has 1 saturated heterocycles. The number of ether oxygens (including phenoxy) is 1. The van der Waals surface area contributed by atoms with E-state index in [-0.39, 0.29) is 29.6 Å². The van der Waals surface area contributed by atoms with Gasteiger partial charge in [-0.1, -0.05) is 23.2 Å². The standard InChI is InChI=1S/C18H18Cl2N2O4S/c1-26-16-7-6-15(20)12-17(16)27(24,25)22-10-8-21(9-11-22)18(23)13-2-4-14(19)5-3-13/h2-7,12H,8-11H2,1H3. The topological polar surface area (TPSA) is 66.9 Å². The van der Waals surface area contributed by atoms with Gasteiger partial charge in [0.2, 0.25) is 10.0 Å². The summed E-state index contributed by atoms with van der Waals surface area (Å²) in [6.07, 6.45) is 0. The molecule has 0 atom stereocenters. The van der Waals surface area contributed by atoms with E-state index in [1.807, 2.05) is 0 Å². The van der Waals surface area contributed by atoms with Gasteiger partial charge in [-0.2, -0.15) is 4.31 Å². The number of benzene rings is 2. The molecule has 1 aliphatic heterocycles. The summed E-state index contributed by atoms with van der Waals surface area (Å²) in [7, 11) is -2.37. The molecule has 0 spiro atoms. The van der Waals surface area contributed by atoms with Crippen LogP contribution < -0.4 is 4.74 Å². The summed E-state index contributed by atoms with van der Waals surface area (Å²) in [6, 6.07) is 11.1. The second-order valence-corrected chi connectivity index (χ2v) is 8.78. The van der Waals surface area contributed by atoms with Crippen LogP contribution in [0.2, 0.25) is 10.0 Å². The van der Waals surface area contributed by atoms with Crippen LogP contribution in [0, 0.1) is 0 Å². The van der Waals surface area contributed by atoms with Crippen LogP contribution >= 0.6 is 23.2 Å². The van der Waals surface area contributed by atoms with Crippen LogP contribution in [-0.2, 0) is 10.0 Å². The molecule has 27 heavy (non-hydrogen) atoms. The van der Waals surface area contributed by atoms with Gasteiger partial charge in [0.25, 0.3) is 5.91 Å². The van der Waals surface area contributed by atoms with E-state index < -0.39 is 10.0 Å². The third kappa shape index (κ3) is 4.21. The minimum Gasteiger partial charge on any atom is -0.495 e. The van der Waals surface area contributed by atoms with Crippen LogP contribution in [0.25, 0.3) is 0 Å². The Balaban J connectivity index is 1.74. The number of carbonyl (C=O) groups excluding carboxylic acids is 1. The third-order valence-electron chi connectivity index (χ3n) is 4.36. The van der Waals surface area contributed by atoms with Crippen molar-refractivity contribution >= 4 is 39.1 Å². The predicted octanol–water partition coefficient (Wildman–Crippen LogP) is 3.15. The fourth-order valence-electron chi connectivity index (χ4n) is 2.90. The molecule has 0 aliphatic carbocycles. The zero-order valence-corrected chi connectivity index (χ0v) is 16.9. The Hall–Kier alpha value is -1.80. The van der Waals surface area contributed by atoms with Crippen molar-refractivity contribution < 1.29 is 17.9 Å². The van der Waals surface area contributed by atoms with E-state index in [2.05, 4.69) is 0 Å². The van der Waals surface area contributed by atoms with Gasteiger partial charge in [-0.25, -0.2) is 8.42 Å². The van der Waals surface area contributed by atoms with Gasteiger partial charge in [0, 0.05) is 41.8 Å². The number of nitrogens with zero attached hydrogens (tertiary/aromatic N) is 2. The van der Waals surface area contributed by atoms with Gasteiger partial charge in [0.15, 0.2) is 0 Å². The van der Waals surface area contributed by atoms with Gasteiger partial charge in [-0.05, 0) is 42.5 Å². The lowest BCUT2D eigenvalue weighted by atomic mass is 10.2. The van der Waals surface area contributed by atoms with Gasteiger partial charge in [-0.15, -0.1) is 0 Å². The number of rotatable bonds is 4. The first-order valence-electron chi connectivity index (χ1n) is 8.21. The Morgan fingerprint density at radius 3 is 2.15 bits per heavy atom. The molecular weight excluding hydrogens is 411 g/mol. The fraction of sp³-hybridized carbons (Fsp3) is 0.278. The van der Waals surface area contributed by atoms with Crippen LogP contribution in [-0.4, -0.2) is 56.8 Å². The average Bonchev–Trinajstić information content (AvgIpc) is 2.68. The summed E-state index contributed by atoms with van der Waals surface area (Å²) in [5.74, 6) is 0.0862. The average molecular weight is 429 g/mol. The van der Waals surface area contributed by atoms with Gasteiger partial charge in [0.1, 0.15) is 10.6 Å². The molecule has 1 aliphatic rings. The molecule has 0 saturated carbocycles. The fourth-order valence-corrected chi connectivity index (χ4v) is 4.86. The molecule has 1 heterocycles. The lowest BCUT2D eigenvalue weighted by Gasteiger charge is -2.34. The molecular formula is C18H18Cl2N2O4S. The highest BCUT2D eigenvalue weighted by Crippen LogP contribution is 2.30. The number of carbonyl (C=O) groups is 1. The second kappa shape index (κ2) is 8.06. The Kier molecular flexibility index (Phi) is 5.95. The van der Waals surface area contributed by atoms with Gasteiger partial charge in [0.05, 0.1) is 7.11 Å². The summed E-state index contributed by atoms with van der Waals surface area (Å²) in [5, 5.41) is 0.865. The molecule has 0 unspecified atom stereocenters. The highest BCUT2D eigenvalue weighted by atomic mass is 35.5. The molecule has 1 fully saturated rings. The van der Waals surface area contributed by atoms with Crippen molar-refractivity contribution in [1.82, 2.24) is 9.21 Å². The smallest absolute Gasteiger partial charge is 0.253 e. The molecule has 1 amide bonds. The zero-order valence-electron chi connectivity index (χ0n) is 14.6. The van der Waals surface area contributed by atoms with Crippen molar-refractivity contribution in [3.05, 3.63) is 58.1 Å². The van der Waals surface area contributed by atoms with Crippen molar-refractivity contribution in [3.8, 4) is 5.75 Å². The maximum Gasteiger partial charge on any atom is 0.253 e. The van der Waals surface area contributed by atoms with E-state index in [4.69, 9.17) is 27.9 Å². The van der Waals surface area contributed by atoms with E-state index in [9.17, 15) is 13.2 Å². The molecule has 0 N–H and O–H groups in total. The minimum atomic E-state index is -3.78. The van der Waals surface area contributed by atoms with Crippen molar-refractivity contribution in [1.29, 1.82) is 0 Å². The molecule has 9 heteroatoms. The predicted molar refractivity (Wildman–Crippen MR) is 104 cm³/mol. The molecule has 2 aromatic rings. The Morgan fingerprint density at radius 2 is 1.56 bits per heavy atom. The number of sulfonamides is 1. The number of piperazine rings is 1. The van der Waals surface area contributed by atoms with Crippen LogP contribution in [0.15, 0.2) is 47.4 Å². The highest BCUT2D eigenvalue weighted by molar-refractivity contribution is 7.89. The van der Waals surface area contributed by atoms with Gasteiger partial charge in [-0.3, -0.25) is 4.79 Å².